The van der Waals surface area contributed by atoms with Gasteiger partial charge in [-0.15, -0.1) is 0 Å². The topological polar surface area (TPSA) is 50.2 Å². The second-order valence-electron chi connectivity index (χ2n) is 7.60. The van der Waals surface area contributed by atoms with Crippen molar-refractivity contribution in [2.75, 3.05) is 19.6 Å². The molecule has 26 heavy (non-hydrogen) atoms. The van der Waals surface area contributed by atoms with Crippen LogP contribution in [0.5, 0.6) is 0 Å². The average molecular weight is 352 g/mol. The van der Waals surface area contributed by atoms with Crippen LogP contribution in [0, 0.1) is 12.8 Å². The van der Waals surface area contributed by atoms with Crippen molar-refractivity contribution in [2.45, 2.75) is 45.1 Å². The van der Waals surface area contributed by atoms with Crippen LogP contribution in [0.3, 0.4) is 0 Å². The van der Waals surface area contributed by atoms with Gasteiger partial charge in [0.2, 0.25) is 0 Å². The Morgan fingerprint density at radius 3 is 2.81 bits per heavy atom. The van der Waals surface area contributed by atoms with E-state index < -0.39 is 0 Å². The number of benzene rings is 1. The van der Waals surface area contributed by atoms with Crippen LogP contribution in [0.1, 0.15) is 48.2 Å². The number of hydrogen-bond acceptors (Lipinski definition) is 3. The number of aromatic nitrogens is 2. The second kappa shape index (κ2) is 7.62. The summed E-state index contributed by atoms with van der Waals surface area (Å²) in [5.41, 5.74) is 2.54. The zero-order valence-electron chi connectivity index (χ0n) is 15.5. The van der Waals surface area contributed by atoms with Gasteiger partial charge in [0, 0.05) is 12.6 Å². The number of carbonyl (C=O) groups excluding carboxylic acids is 1. The maximum Gasteiger partial charge on any atom is 0.254 e. The summed E-state index contributed by atoms with van der Waals surface area (Å²) >= 11 is 0. The number of fused-ring (bicyclic) bond motifs is 1. The molecule has 2 aromatic rings. The van der Waals surface area contributed by atoms with Crippen molar-refractivity contribution in [3.8, 4) is 5.69 Å². The Hall–Kier alpha value is -2.14. The normalized spacial score (nSPS) is 23.4. The van der Waals surface area contributed by atoms with Gasteiger partial charge in [0.1, 0.15) is 0 Å². The molecule has 0 radical (unpaired) electrons. The molecule has 138 valence electrons. The molecule has 0 saturated carbocycles. The van der Waals surface area contributed by atoms with Gasteiger partial charge in [-0.3, -0.25) is 4.79 Å². The zero-order chi connectivity index (χ0) is 17.9. The summed E-state index contributed by atoms with van der Waals surface area (Å²) in [5, 5.41) is 7.60. The van der Waals surface area contributed by atoms with E-state index in [9.17, 15) is 4.79 Å². The Kier molecular flexibility index (Phi) is 5.07. The lowest BCUT2D eigenvalue weighted by molar-refractivity contribution is 0.0575. The van der Waals surface area contributed by atoms with E-state index in [-0.39, 0.29) is 5.91 Å². The van der Waals surface area contributed by atoms with Gasteiger partial charge < -0.3 is 10.2 Å². The number of rotatable bonds is 4. The van der Waals surface area contributed by atoms with Crippen molar-refractivity contribution in [3.63, 3.8) is 0 Å². The molecule has 2 saturated heterocycles. The maximum absolute atomic E-state index is 12.7. The third-order valence-electron chi connectivity index (χ3n) is 6.01. The van der Waals surface area contributed by atoms with Crippen molar-refractivity contribution >= 4 is 5.91 Å². The molecule has 0 unspecified atom stereocenters. The van der Waals surface area contributed by atoms with Crippen LogP contribution < -0.4 is 5.32 Å². The first-order valence-electron chi connectivity index (χ1n) is 9.86. The van der Waals surface area contributed by atoms with Crippen LogP contribution in [-0.4, -0.2) is 46.3 Å². The van der Waals surface area contributed by atoms with Crippen molar-refractivity contribution in [2.24, 2.45) is 5.92 Å². The average Bonchev–Trinajstić information content (AvgIpc) is 3.08. The fourth-order valence-corrected chi connectivity index (χ4v) is 4.60. The Labute approximate surface area is 155 Å². The highest BCUT2D eigenvalue weighted by Gasteiger charge is 2.33. The van der Waals surface area contributed by atoms with E-state index in [1.807, 2.05) is 41.9 Å². The van der Waals surface area contributed by atoms with Crippen molar-refractivity contribution in [1.29, 1.82) is 0 Å². The largest absolute Gasteiger partial charge is 0.352 e. The highest BCUT2D eigenvalue weighted by atomic mass is 16.1. The van der Waals surface area contributed by atoms with E-state index in [4.69, 9.17) is 0 Å². The van der Waals surface area contributed by atoms with Gasteiger partial charge in [0.15, 0.2) is 0 Å². The van der Waals surface area contributed by atoms with Crippen molar-refractivity contribution in [3.05, 3.63) is 47.8 Å². The Balaban J connectivity index is 1.42. The van der Waals surface area contributed by atoms with Gasteiger partial charge in [0.25, 0.3) is 5.91 Å². The summed E-state index contributed by atoms with van der Waals surface area (Å²) in [5.74, 6) is 0.579. The fourth-order valence-electron chi connectivity index (χ4n) is 4.60. The molecule has 5 heteroatoms. The lowest BCUT2D eigenvalue weighted by Gasteiger charge is -2.44. The molecule has 1 aromatic carbocycles. The molecule has 2 aliphatic heterocycles. The molecular weight excluding hydrogens is 324 g/mol. The van der Waals surface area contributed by atoms with E-state index in [0.29, 0.717) is 17.5 Å². The van der Waals surface area contributed by atoms with Gasteiger partial charge in [-0.2, -0.15) is 5.10 Å². The summed E-state index contributed by atoms with van der Waals surface area (Å²) in [6.45, 7) is 5.20. The van der Waals surface area contributed by atoms with Gasteiger partial charge in [-0.1, -0.05) is 24.6 Å². The number of carbonyl (C=O) groups is 1. The Morgan fingerprint density at radius 2 is 1.96 bits per heavy atom. The quantitative estimate of drug-likeness (QED) is 0.919. The smallest absolute Gasteiger partial charge is 0.254 e. The molecule has 0 spiro atoms. The molecule has 1 N–H and O–H groups in total. The van der Waals surface area contributed by atoms with Crippen LogP contribution in [0.25, 0.3) is 5.69 Å². The molecule has 5 nitrogen and oxygen atoms in total. The third kappa shape index (κ3) is 3.40. The molecule has 2 aliphatic rings. The molecule has 0 aliphatic carbocycles. The Bertz CT molecular complexity index is 753. The predicted molar refractivity (Wildman–Crippen MR) is 103 cm³/mol. The lowest BCUT2D eigenvalue weighted by atomic mass is 9.83. The standard InChI is InChI=1S/C21H28N4O/c1-16-19(15-23-25(16)18-9-3-2-4-10-18)21(26)22-14-17-8-7-13-24-12-6-5-11-20(17)24/h2-4,9-10,15,17,20H,5-8,11-14H2,1H3,(H,22,26)/t17-,20+/m0/s1. The van der Waals surface area contributed by atoms with E-state index in [0.717, 1.165) is 17.9 Å². The van der Waals surface area contributed by atoms with Gasteiger partial charge in [0.05, 0.1) is 23.1 Å². The zero-order valence-corrected chi connectivity index (χ0v) is 15.5. The fraction of sp³-hybridized carbons (Fsp3) is 0.524. The highest BCUT2D eigenvalue weighted by molar-refractivity contribution is 5.95. The second-order valence-corrected chi connectivity index (χ2v) is 7.60. The van der Waals surface area contributed by atoms with Crippen LogP contribution in [0.15, 0.2) is 36.5 Å². The molecule has 1 aromatic heterocycles. The summed E-state index contributed by atoms with van der Waals surface area (Å²) in [7, 11) is 0. The van der Waals surface area contributed by atoms with Gasteiger partial charge in [-0.05, 0) is 63.7 Å². The maximum atomic E-state index is 12.7. The summed E-state index contributed by atoms with van der Waals surface area (Å²) in [6.07, 6.45) is 8.10. The first-order chi connectivity index (χ1) is 12.7. The highest BCUT2D eigenvalue weighted by Crippen LogP contribution is 2.30. The van der Waals surface area contributed by atoms with Gasteiger partial charge in [-0.25, -0.2) is 4.68 Å². The van der Waals surface area contributed by atoms with Crippen LogP contribution in [0.2, 0.25) is 0 Å². The molecule has 2 atom stereocenters. The number of hydrogen-bond donors (Lipinski definition) is 1. The predicted octanol–water partition coefficient (Wildman–Crippen LogP) is 3.18. The Morgan fingerprint density at radius 1 is 1.15 bits per heavy atom. The number of amides is 1. The summed E-state index contributed by atoms with van der Waals surface area (Å²) in [6, 6.07) is 10.6. The molecular formula is C21H28N4O. The van der Waals surface area contributed by atoms with Crippen molar-refractivity contribution < 1.29 is 4.79 Å². The minimum absolute atomic E-state index is 0.00221. The van der Waals surface area contributed by atoms with Crippen LogP contribution in [0.4, 0.5) is 0 Å². The minimum Gasteiger partial charge on any atom is -0.352 e. The number of nitrogens with one attached hydrogen (secondary N) is 1. The first kappa shape index (κ1) is 17.3. The van der Waals surface area contributed by atoms with Crippen LogP contribution >= 0.6 is 0 Å². The lowest BCUT2D eigenvalue weighted by Crippen LogP contribution is -2.51. The van der Waals surface area contributed by atoms with Crippen LogP contribution in [-0.2, 0) is 0 Å². The molecule has 4 rings (SSSR count). The first-order valence-corrected chi connectivity index (χ1v) is 9.86. The molecule has 2 fully saturated rings. The summed E-state index contributed by atoms with van der Waals surface area (Å²) < 4.78 is 1.83. The molecule has 1 amide bonds. The van der Waals surface area contributed by atoms with Gasteiger partial charge >= 0.3 is 0 Å². The van der Waals surface area contributed by atoms with Crippen molar-refractivity contribution in [1.82, 2.24) is 20.0 Å². The third-order valence-corrected chi connectivity index (χ3v) is 6.01. The summed E-state index contributed by atoms with van der Waals surface area (Å²) in [4.78, 5) is 15.4. The molecule has 3 heterocycles. The SMILES string of the molecule is Cc1c(C(=O)NC[C@@H]2CCCN3CCCC[C@H]23)cnn1-c1ccccc1. The van der Waals surface area contributed by atoms with E-state index in [2.05, 4.69) is 15.3 Å². The number of nitrogens with zero attached hydrogens (tertiary/aromatic N) is 3. The molecule has 0 bridgehead atoms. The minimum atomic E-state index is -0.00221. The number of piperidine rings is 2. The monoisotopic (exact) mass is 352 g/mol. The van der Waals surface area contributed by atoms with E-state index in [1.165, 1.54) is 45.2 Å². The number of para-hydroxylation sites is 1. The van der Waals surface area contributed by atoms with E-state index >= 15 is 0 Å². The van der Waals surface area contributed by atoms with E-state index in [1.54, 1.807) is 6.20 Å².